The Morgan fingerprint density at radius 2 is 2.26 bits per heavy atom. The van der Waals surface area contributed by atoms with Crippen LogP contribution in [0, 0.1) is 5.82 Å². The fraction of sp³-hybridized carbons (Fsp3) is 0.625. The lowest BCUT2D eigenvalue weighted by atomic mass is 10.1. The van der Waals surface area contributed by atoms with E-state index in [-0.39, 0.29) is 30.0 Å². The van der Waals surface area contributed by atoms with Gasteiger partial charge >= 0.3 is 0 Å². The van der Waals surface area contributed by atoms with Gasteiger partial charge in [-0.1, -0.05) is 0 Å². The minimum Gasteiger partial charge on any atom is -0.369 e. The van der Waals surface area contributed by atoms with E-state index in [2.05, 4.69) is 4.98 Å². The van der Waals surface area contributed by atoms with E-state index in [0.29, 0.717) is 25.5 Å². The molecule has 1 amide bonds. The summed E-state index contributed by atoms with van der Waals surface area (Å²) in [6.07, 6.45) is 1.03. The molecule has 0 bridgehead atoms. The average Bonchev–Trinajstić information content (AvgIpc) is 2.46. The monoisotopic (exact) mass is 325 g/mol. The lowest BCUT2D eigenvalue weighted by Crippen LogP contribution is -2.54. The predicted octanol–water partition coefficient (Wildman–Crippen LogP) is 1.31. The molecule has 0 saturated carbocycles. The molecule has 1 unspecified atom stereocenters. The molecule has 1 aromatic rings. The summed E-state index contributed by atoms with van der Waals surface area (Å²) >= 11 is 0. The topological polar surface area (TPSA) is 54.9 Å². The third-order valence-corrected chi connectivity index (χ3v) is 3.55. The fourth-order valence-electron chi connectivity index (χ4n) is 2.52. The highest BCUT2D eigenvalue weighted by Crippen LogP contribution is 2.25. The summed E-state index contributed by atoms with van der Waals surface area (Å²) in [6.45, 7) is 5.56. The van der Waals surface area contributed by atoms with Gasteiger partial charge in [-0.3, -0.25) is 4.79 Å². The lowest BCUT2D eigenvalue weighted by molar-refractivity contribution is -0.139. The first-order valence-electron chi connectivity index (χ1n) is 7.59. The molecule has 0 radical (unpaired) electrons. The van der Waals surface area contributed by atoms with Gasteiger partial charge in [0.25, 0.3) is 0 Å². The summed E-state index contributed by atoms with van der Waals surface area (Å²) < 4.78 is 24.5. The van der Waals surface area contributed by atoms with Crippen molar-refractivity contribution in [2.75, 3.05) is 45.3 Å². The average molecular weight is 325 g/mol. The molecule has 1 atom stereocenters. The third-order valence-electron chi connectivity index (χ3n) is 3.55. The van der Waals surface area contributed by atoms with Crippen molar-refractivity contribution in [2.24, 2.45) is 0 Å². The van der Waals surface area contributed by atoms with Crippen molar-refractivity contribution in [1.29, 1.82) is 0 Å². The van der Waals surface area contributed by atoms with E-state index >= 15 is 0 Å². The van der Waals surface area contributed by atoms with Crippen LogP contribution in [0.2, 0.25) is 0 Å². The van der Waals surface area contributed by atoms with E-state index in [4.69, 9.17) is 9.47 Å². The van der Waals surface area contributed by atoms with E-state index in [1.807, 2.05) is 18.7 Å². The molecular formula is C16H24FN3O3. The second kappa shape index (κ2) is 7.23. The predicted molar refractivity (Wildman–Crippen MR) is 84.9 cm³/mol. The summed E-state index contributed by atoms with van der Waals surface area (Å²) in [5, 5.41) is 0. The van der Waals surface area contributed by atoms with Crippen molar-refractivity contribution in [1.82, 2.24) is 9.88 Å². The Balaban J connectivity index is 1.95. The van der Waals surface area contributed by atoms with Gasteiger partial charge in [-0.05, 0) is 26.0 Å². The molecule has 0 spiro atoms. The van der Waals surface area contributed by atoms with Crippen molar-refractivity contribution >= 4 is 11.7 Å². The number of rotatable bonds is 5. The first-order chi connectivity index (χ1) is 10.8. The van der Waals surface area contributed by atoms with E-state index in [1.54, 1.807) is 20.2 Å². The van der Waals surface area contributed by atoms with E-state index in [1.165, 1.54) is 17.2 Å². The van der Waals surface area contributed by atoms with Crippen molar-refractivity contribution in [3.63, 3.8) is 0 Å². The van der Waals surface area contributed by atoms with Crippen LogP contribution in [0.15, 0.2) is 18.3 Å². The molecule has 1 aliphatic rings. The lowest BCUT2D eigenvalue weighted by Gasteiger charge is -2.43. The van der Waals surface area contributed by atoms with Crippen LogP contribution < -0.4 is 4.90 Å². The number of carbonyl (C=O) groups excluding carboxylic acids is 1. The van der Waals surface area contributed by atoms with Crippen LogP contribution in [-0.2, 0) is 14.3 Å². The Hall–Kier alpha value is -1.73. The molecule has 1 aliphatic heterocycles. The summed E-state index contributed by atoms with van der Waals surface area (Å²) in [4.78, 5) is 19.2. The molecular weight excluding hydrogens is 301 g/mol. The van der Waals surface area contributed by atoms with Crippen LogP contribution in [0.3, 0.4) is 0 Å². The summed E-state index contributed by atoms with van der Waals surface area (Å²) in [5.74, 6) is 0.262. The van der Waals surface area contributed by atoms with Crippen LogP contribution >= 0.6 is 0 Å². The zero-order chi connectivity index (χ0) is 17.0. The van der Waals surface area contributed by atoms with Gasteiger partial charge in [-0.15, -0.1) is 0 Å². The Morgan fingerprint density at radius 3 is 2.87 bits per heavy atom. The summed E-state index contributed by atoms with van der Waals surface area (Å²) in [7, 11) is 3.38. The number of aromatic nitrogens is 1. The molecule has 2 rings (SSSR count). The molecule has 0 N–H and O–H groups in total. The highest BCUT2D eigenvalue weighted by atomic mass is 19.1. The first kappa shape index (κ1) is 17.6. The number of hydrogen-bond acceptors (Lipinski definition) is 5. The van der Waals surface area contributed by atoms with Crippen molar-refractivity contribution < 1.29 is 18.7 Å². The first-order valence-corrected chi connectivity index (χ1v) is 7.59. The summed E-state index contributed by atoms with van der Waals surface area (Å²) in [6, 6.07) is 3.05. The van der Waals surface area contributed by atoms with E-state index in [0.717, 1.165) is 0 Å². The molecule has 6 nitrogen and oxygen atoms in total. The van der Waals surface area contributed by atoms with Gasteiger partial charge in [0.15, 0.2) is 0 Å². The number of morpholine rings is 1. The number of pyridine rings is 1. The second-order valence-corrected chi connectivity index (χ2v) is 6.52. The second-order valence-electron chi connectivity index (χ2n) is 6.52. The van der Waals surface area contributed by atoms with Crippen molar-refractivity contribution in [3.05, 3.63) is 24.1 Å². The van der Waals surface area contributed by atoms with Gasteiger partial charge in [0.1, 0.15) is 18.2 Å². The minimum absolute atomic E-state index is 0.0298. The van der Waals surface area contributed by atoms with Gasteiger partial charge in [0.2, 0.25) is 5.91 Å². The molecule has 1 fully saturated rings. The molecule has 0 aromatic carbocycles. The largest absolute Gasteiger partial charge is 0.369 e. The zero-order valence-corrected chi connectivity index (χ0v) is 14.1. The minimum atomic E-state index is -0.381. The number of halogens is 1. The van der Waals surface area contributed by atoms with Crippen LogP contribution in [0.25, 0.3) is 0 Å². The molecule has 2 heterocycles. The maximum atomic E-state index is 13.0. The van der Waals surface area contributed by atoms with Crippen LogP contribution in [0.5, 0.6) is 0 Å². The molecule has 7 heteroatoms. The van der Waals surface area contributed by atoms with Crippen molar-refractivity contribution in [2.45, 2.75) is 25.6 Å². The van der Waals surface area contributed by atoms with Gasteiger partial charge in [-0.25, -0.2) is 9.37 Å². The van der Waals surface area contributed by atoms with Crippen LogP contribution in [-0.4, -0.2) is 67.9 Å². The number of hydrogen-bond donors (Lipinski definition) is 0. The Morgan fingerprint density at radius 1 is 1.52 bits per heavy atom. The Bertz CT molecular complexity index is 534. The molecule has 0 aliphatic carbocycles. The molecule has 1 saturated heterocycles. The molecule has 23 heavy (non-hydrogen) atoms. The number of carbonyl (C=O) groups is 1. The Labute approximate surface area is 136 Å². The van der Waals surface area contributed by atoms with Gasteiger partial charge in [0, 0.05) is 27.2 Å². The number of ether oxygens (including phenoxy) is 2. The number of likely N-dealkylation sites (N-methyl/N-ethyl adjacent to an activating group) is 1. The highest BCUT2D eigenvalue weighted by Gasteiger charge is 2.34. The maximum absolute atomic E-state index is 13.0. The third kappa shape index (κ3) is 5.14. The standard InChI is InChI=1S/C16H24FN3O3/c1-16(2)11-20(14-6-5-12(17)7-18-14)8-13(23-16)9-22-10-15(21)19(3)4/h5-7,13H,8-11H2,1-4H3. The SMILES string of the molecule is CN(C)C(=O)COCC1CN(c2ccc(F)cn2)CC(C)(C)O1. The highest BCUT2D eigenvalue weighted by molar-refractivity contribution is 5.76. The fourth-order valence-corrected chi connectivity index (χ4v) is 2.52. The van der Waals surface area contributed by atoms with Crippen molar-refractivity contribution in [3.8, 4) is 0 Å². The molecule has 128 valence electrons. The zero-order valence-electron chi connectivity index (χ0n) is 14.1. The quantitative estimate of drug-likeness (QED) is 0.817. The van der Waals surface area contributed by atoms with Crippen LogP contribution in [0.4, 0.5) is 10.2 Å². The van der Waals surface area contributed by atoms with Crippen LogP contribution in [0.1, 0.15) is 13.8 Å². The Kier molecular flexibility index (Phi) is 5.54. The normalized spacial score (nSPS) is 20.4. The van der Waals surface area contributed by atoms with Gasteiger partial charge in [-0.2, -0.15) is 0 Å². The number of nitrogens with zero attached hydrogens (tertiary/aromatic N) is 3. The summed E-state index contributed by atoms with van der Waals surface area (Å²) in [5.41, 5.74) is -0.381. The molecule has 1 aromatic heterocycles. The van der Waals surface area contributed by atoms with E-state index < -0.39 is 0 Å². The number of anilines is 1. The number of amides is 1. The van der Waals surface area contributed by atoms with Gasteiger partial charge in [0.05, 0.1) is 24.5 Å². The maximum Gasteiger partial charge on any atom is 0.248 e. The van der Waals surface area contributed by atoms with Gasteiger partial charge < -0.3 is 19.3 Å². The van der Waals surface area contributed by atoms with E-state index in [9.17, 15) is 9.18 Å². The smallest absolute Gasteiger partial charge is 0.248 e.